The van der Waals surface area contributed by atoms with Gasteiger partial charge < -0.3 is 0 Å². The predicted molar refractivity (Wildman–Crippen MR) is 50.9 cm³/mol. The molecule has 1 aromatic rings. The van der Waals surface area contributed by atoms with E-state index in [0.717, 1.165) is 17.8 Å². The van der Waals surface area contributed by atoms with Crippen LogP contribution < -0.4 is 0 Å². The minimum atomic E-state index is 0.839. The first-order chi connectivity index (χ1) is 5.88. The van der Waals surface area contributed by atoms with Crippen LogP contribution in [0.4, 0.5) is 0 Å². The van der Waals surface area contributed by atoms with Gasteiger partial charge in [-0.2, -0.15) is 0 Å². The van der Waals surface area contributed by atoms with Crippen molar-refractivity contribution >= 4 is 6.08 Å². The molecule has 0 N–H and O–H groups in total. The smallest absolute Gasteiger partial charge is 0.00587 e. The first kappa shape index (κ1) is 6.47. The van der Waals surface area contributed by atoms with Crippen molar-refractivity contribution in [3.8, 4) is 0 Å². The molecule has 2 aliphatic carbocycles. The molecule has 0 nitrogen and oxygen atoms in total. The molecule has 1 fully saturated rings. The zero-order valence-corrected chi connectivity index (χ0v) is 7.20. The summed E-state index contributed by atoms with van der Waals surface area (Å²) >= 11 is 0. The standard InChI is InChI=1S/C12H12/c1-8-10-7-6-9-4-2-3-5-11(9)12(8)10/h2-8,10,12H,1H3. The summed E-state index contributed by atoms with van der Waals surface area (Å²) < 4.78 is 0. The fourth-order valence-corrected chi connectivity index (χ4v) is 2.46. The number of hydrogen-bond acceptors (Lipinski definition) is 0. The van der Waals surface area contributed by atoms with Gasteiger partial charge in [-0.15, -0.1) is 0 Å². The van der Waals surface area contributed by atoms with Crippen LogP contribution in [0.2, 0.25) is 0 Å². The molecule has 0 heteroatoms. The maximum Gasteiger partial charge on any atom is -0.00587 e. The minimum absolute atomic E-state index is 0.839. The number of allylic oxidation sites excluding steroid dienone is 1. The van der Waals surface area contributed by atoms with E-state index in [9.17, 15) is 0 Å². The van der Waals surface area contributed by atoms with Crippen molar-refractivity contribution in [1.82, 2.24) is 0 Å². The maximum atomic E-state index is 2.37. The Balaban J connectivity index is 2.18. The summed E-state index contributed by atoms with van der Waals surface area (Å²) in [7, 11) is 0. The lowest BCUT2D eigenvalue weighted by Gasteiger charge is -2.07. The highest BCUT2D eigenvalue weighted by Crippen LogP contribution is 2.57. The second kappa shape index (κ2) is 2.01. The van der Waals surface area contributed by atoms with Gasteiger partial charge >= 0.3 is 0 Å². The average Bonchev–Trinajstić information content (AvgIpc) is 2.78. The number of fused-ring (bicyclic) bond motifs is 3. The summed E-state index contributed by atoms with van der Waals surface area (Å²) in [6.07, 6.45) is 4.65. The van der Waals surface area contributed by atoms with Gasteiger partial charge in [0, 0.05) is 0 Å². The summed E-state index contributed by atoms with van der Waals surface area (Å²) in [6, 6.07) is 8.77. The van der Waals surface area contributed by atoms with Crippen molar-refractivity contribution in [1.29, 1.82) is 0 Å². The van der Waals surface area contributed by atoms with Crippen LogP contribution in [0.15, 0.2) is 30.3 Å². The van der Waals surface area contributed by atoms with Gasteiger partial charge in [-0.1, -0.05) is 43.3 Å². The summed E-state index contributed by atoms with van der Waals surface area (Å²) in [4.78, 5) is 0. The molecule has 0 radical (unpaired) electrons. The van der Waals surface area contributed by atoms with Gasteiger partial charge in [0.1, 0.15) is 0 Å². The molecule has 12 heavy (non-hydrogen) atoms. The Morgan fingerprint density at radius 3 is 2.92 bits per heavy atom. The zero-order valence-electron chi connectivity index (χ0n) is 7.20. The van der Waals surface area contributed by atoms with Crippen LogP contribution in [0.3, 0.4) is 0 Å². The summed E-state index contributed by atoms with van der Waals surface area (Å²) in [5.74, 6) is 2.57. The van der Waals surface area contributed by atoms with E-state index in [0.29, 0.717) is 0 Å². The Kier molecular flexibility index (Phi) is 1.08. The van der Waals surface area contributed by atoms with Crippen LogP contribution in [0.25, 0.3) is 6.08 Å². The lowest BCUT2D eigenvalue weighted by Crippen LogP contribution is -1.90. The van der Waals surface area contributed by atoms with Crippen molar-refractivity contribution in [2.75, 3.05) is 0 Å². The summed E-state index contributed by atoms with van der Waals surface area (Å²) in [6.45, 7) is 2.35. The normalized spacial score (nSPS) is 35.6. The quantitative estimate of drug-likeness (QED) is 0.541. The molecule has 3 unspecified atom stereocenters. The van der Waals surface area contributed by atoms with Crippen molar-refractivity contribution in [3.05, 3.63) is 41.5 Å². The first-order valence-electron chi connectivity index (χ1n) is 4.65. The van der Waals surface area contributed by atoms with Crippen molar-refractivity contribution in [2.24, 2.45) is 11.8 Å². The Labute approximate surface area is 72.9 Å². The SMILES string of the molecule is CC1C2C=Cc3ccccc3C12. The van der Waals surface area contributed by atoms with Crippen LogP contribution in [0.1, 0.15) is 24.0 Å². The molecule has 2 aliphatic rings. The highest BCUT2D eigenvalue weighted by atomic mass is 14.5. The van der Waals surface area contributed by atoms with Gasteiger partial charge in [0.25, 0.3) is 0 Å². The first-order valence-corrected chi connectivity index (χ1v) is 4.65. The third-order valence-corrected chi connectivity index (χ3v) is 3.30. The van der Waals surface area contributed by atoms with Crippen LogP contribution in [-0.2, 0) is 0 Å². The summed E-state index contributed by atoms with van der Waals surface area (Å²) in [5, 5.41) is 0. The highest BCUT2D eigenvalue weighted by molar-refractivity contribution is 5.61. The Morgan fingerprint density at radius 1 is 1.17 bits per heavy atom. The molecular weight excluding hydrogens is 144 g/mol. The molecule has 0 amide bonds. The lowest BCUT2D eigenvalue weighted by atomic mass is 9.97. The molecule has 60 valence electrons. The molecule has 0 bridgehead atoms. The van der Waals surface area contributed by atoms with E-state index in [-0.39, 0.29) is 0 Å². The van der Waals surface area contributed by atoms with Gasteiger partial charge in [-0.25, -0.2) is 0 Å². The molecule has 1 saturated carbocycles. The van der Waals surface area contributed by atoms with E-state index >= 15 is 0 Å². The van der Waals surface area contributed by atoms with Crippen molar-refractivity contribution < 1.29 is 0 Å². The van der Waals surface area contributed by atoms with Gasteiger partial charge in [0.15, 0.2) is 0 Å². The van der Waals surface area contributed by atoms with Gasteiger partial charge in [-0.3, -0.25) is 0 Å². The third-order valence-electron chi connectivity index (χ3n) is 3.30. The maximum absolute atomic E-state index is 2.37. The van der Waals surface area contributed by atoms with Gasteiger partial charge in [-0.05, 0) is 28.9 Å². The topological polar surface area (TPSA) is 0 Å². The minimum Gasteiger partial charge on any atom is -0.0799 e. The summed E-state index contributed by atoms with van der Waals surface area (Å²) in [5.41, 5.74) is 3.00. The fourth-order valence-electron chi connectivity index (χ4n) is 2.46. The van der Waals surface area contributed by atoms with Crippen LogP contribution in [0.5, 0.6) is 0 Å². The van der Waals surface area contributed by atoms with E-state index in [2.05, 4.69) is 43.3 Å². The van der Waals surface area contributed by atoms with E-state index in [4.69, 9.17) is 0 Å². The second-order valence-corrected chi connectivity index (χ2v) is 3.95. The van der Waals surface area contributed by atoms with E-state index in [1.165, 1.54) is 5.56 Å². The molecule has 1 aromatic carbocycles. The van der Waals surface area contributed by atoms with Gasteiger partial charge in [0.2, 0.25) is 0 Å². The van der Waals surface area contributed by atoms with Crippen molar-refractivity contribution in [2.45, 2.75) is 12.8 Å². The Morgan fingerprint density at radius 2 is 2.00 bits per heavy atom. The highest BCUT2D eigenvalue weighted by Gasteiger charge is 2.47. The molecule has 0 heterocycles. The zero-order chi connectivity index (χ0) is 8.13. The molecule has 0 saturated heterocycles. The molecular formula is C12H12. The molecule has 0 aromatic heterocycles. The molecule has 0 spiro atoms. The Bertz CT molecular complexity index is 349. The monoisotopic (exact) mass is 156 g/mol. The van der Waals surface area contributed by atoms with Gasteiger partial charge in [0.05, 0.1) is 0 Å². The Hall–Kier alpha value is -1.04. The van der Waals surface area contributed by atoms with Crippen LogP contribution >= 0.6 is 0 Å². The average molecular weight is 156 g/mol. The third kappa shape index (κ3) is 0.677. The molecule has 3 rings (SSSR count). The van der Waals surface area contributed by atoms with Crippen LogP contribution in [0, 0.1) is 11.8 Å². The number of hydrogen-bond donors (Lipinski definition) is 0. The molecule has 3 atom stereocenters. The van der Waals surface area contributed by atoms with E-state index in [1.54, 1.807) is 5.56 Å². The lowest BCUT2D eigenvalue weighted by molar-refractivity contribution is 0.892. The molecule has 0 aliphatic heterocycles. The largest absolute Gasteiger partial charge is 0.0799 e. The number of benzene rings is 1. The van der Waals surface area contributed by atoms with E-state index in [1.807, 2.05) is 0 Å². The predicted octanol–water partition coefficient (Wildman–Crippen LogP) is 3.06. The number of rotatable bonds is 0. The van der Waals surface area contributed by atoms with Crippen LogP contribution in [-0.4, -0.2) is 0 Å². The van der Waals surface area contributed by atoms with E-state index < -0.39 is 0 Å². The second-order valence-electron chi connectivity index (χ2n) is 3.95. The van der Waals surface area contributed by atoms with Crippen molar-refractivity contribution in [3.63, 3.8) is 0 Å². The fraction of sp³-hybridized carbons (Fsp3) is 0.333.